The molecule has 0 spiro atoms. The predicted molar refractivity (Wildman–Crippen MR) is 102 cm³/mol. The maximum atomic E-state index is 12.2. The van der Waals surface area contributed by atoms with E-state index in [0.717, 1.165) is 22.2 Å². The van der Waals surface area contributed by atoms with E-state index in [0.29, 0.717) is 5.89 Å². The van der Waals surface area contributed by atoms with Crippen molar-refractivity contribution in [2.24, 2.45) is 0 Å². The van der Waals surface area contributed by atoms with Gasteiger partial charge in [-0.05, 0) is 44.2 Å². The second-order valence-corrected chi connectivity index (χ2v) is 6.79. The van der Waals surface area contributed by atoms with Crippen LogP contribution in [0.25, 0.3) is 28.0 Å². The van der Waals surface area contributed by atoms with Crippen molar-refractivity contribution in [3.05, 3.63) is 60.9 Å². The van der Waals surface area contributed by atoms with Gasteiger partial charge in [0.2, 0.25) is 5.89 Å². The summed E-state index contributed by atoms with van der Waals surface area (Å²) < 4.78 is 7.22. The van der Waals surface area contributed by atoms with Crippen molar-refractivity contribution in [3.8, 4) is 23.2 Å². The fourth-order valence-corrected chi connectivity index (χ4v) is 2.67. The van der Waals surface area contributed by atoms with Crippen LogP contribution >= 0.6 is 0 Å². The third kappa shape index (κ3) is 3.33. The Morgan fingerprint density at radius 3 is 2.93 bits per heavy atom. The van der Waals surface area contributed by atoms with Gasteiger partial charge in [-0.25, -0.2) is 9.67 Å². The molecule has 1 amide bonds. The Labute approximate surface area is 160 Å². The van der Waals surface area contributed by atoms with Crippen molar-refractivity contribution in [1.29, 1.82) is 5.26 Å². The Bertz CT molecular complexity index is 1200. The van der Waals surface area contributed by atoms with Gasteiger partial charge in [-0.2, -0.15) is 10.4 Å². The number of amides is 1. The summed E-state index contributed by atoms with van der Waals surface area (Å²) >= 11 is 0. The number of hydrogen-bond donors (Lipinski definition) is 1. The first kappa shape index (κ1) is 17.4. The molecule has 0 atom stereocenters. The fourth-order valence-electron chi connectivity index (χ4n) is 2.67. The van der Waals surface area contributed by atoms with Crippen molar-refractivity contribution in [1.82, 2.24) is 25.1 Å². The van der Waals surface area contributed by atoms with Crippen LogP contribution < -0.4 is 5.32 Å². The third-order valence-electron chi connectivity index (χ3n) is 4.10. The van der Waals surface area contributed by atoms with Crippen LogP contribution in [-0.4, -0.2) is 31.2 Å². The molecular weight excluding hydrogens is 356 g/mol. The number of carbonyl (C=O) groups is 1. The topological polar surface area (TPSA) is 110 Å². The van der Waals surface area contributed by atoms with Gasteiger partial charge in [0.1, 0.15) is 11.8 Å². The lowest BCUT2D eigenvalue weighted by molar-refractivity contribution is 0.0924. The van der Waals surface area contributed by atoms with E-state index in [2.05, 4.69) is 20.4 Å². The van der Waals surface area contributed by atoms with E-state index in [-0.39, 0.29) is 5.69 Å². The number of pyridine rings is 1. The van der Waals surface area contributed by atoms with E-state index in [1.807, 2.05) is 42.6 Å². The molecule has 0 unspecified atom stereocenters. The Morgan fingerprint density at radius 2 is 2.18 bits per heavy atom. The molecule has 0 bridgehead atoms. The summed E-state index contributed by atoms with van der Waals surface area (Å²) in [7, 11) is 0. The molecule has 1 N–H and O–H groups in total. The third-order valence-corrected chi connectivity index (χ3v) is 4.10. The zero-order valence-corrected chi connectivity index (χ0v) is 15.2. The summed E-state index contributed by atoms with van der Waals surface area (Å²) in [6.45, 7) is 3.22. The molecule has 138 valence electrons. The zero-order chi connectivity index (χ0) is 19.7. The summed E-state index contributed by atoms with van der Waals surface area (Å²) in [5.41, 5.74) is 1.51. The van der Waals surface area contributed by atoms with Crippen LogP contribution in [0.4, 0.5) is 0 Å². The number of nitrogens with zero attached hydrogens (tertiary/aromatic N) is 5. The number of fused-ring (bicyclic) bond motifs is 1. The number of aromatic nitrogens is 4. The molecule has 0 radical (unpaired) electrons. The first-order valence-corrected chi connectivity index (χ1v) is 8.55. The van der Waals surface area contributed by atoms with Gasteiger partial charge in [-0.3, -0.25) is 9.78 Å². The molecule has 3 heterocycles. The monoisotopic (exact) mass is 372 g/mol. The maximum absolute atomic E-state index is 12.2. The minimum Gasteiger partial charge on any atom is -0.444 e. The summed E-state index contributed by atoms with van der Waals surface area (Å²) in [6.07, 6.45) is 6.61. The van der Waals surface area contributed by atoms with Gasteiger partial charge in [0, 0.05) is 23.3 Å². The van der Waals surface area contributed by atoms with E-state index in [9.17, 15) is 4.79 Å². The highest BCUT2D eigenvalue weighted by molar-refractivity contribution is 5.93. The van der Waals surface area contributed by atoms with E-state index in [4.69, 9.17) is 9.68 Å². The largest absolute Gasteiger partial charge is 0.444 e. The number of oxazole rings is 1. The van der Waals surface area contributed by atoms with E-state index in [1.165, 1.54) is 6.26 Å². The summed E-state index contributed by atoms with van der Waals surface area (Å²) in [5, 5.41) is 17.1. The number of nitriles is 1. The van der Waals surface area contributed by atoms with Crippen LogP contribution in [0, 0.1) is 11.3 Å². The molecule has 28 heavy (non-hydrogen) atoms. The van der Waals surface area contributed by atoms with Gasteiger partial charge in [0.05, 0.1) is 23.5 Å². The van der Waals surface area contributed by atoms with Crippen molar-refractivity contribution in [3.63, 3.8) is 0 Å². The molecule has 0 aliphatic heterocycles. The van der Waals surface area contributed by atoms with Crippen LogP contribution in [0.5, 0.6) is 0 Å². The molecule has 8 heteroatoms. The highest BCUT2D eigenvalue weighted by Crippen LogP contribution is 2.24. The lowest BCUT2D eigenvalue weighted by atomic mass is 10.1. The Morgan fingerprint density at radius 1 is 1.32 bits per heavy atom. The Hall–Kier alpha value is -3.99. The Balaban J connectivity index is 1.62. The molecule has 0 saturated carbocycles. The van der Waals surface area contributed by atoms with E-state index >= 15 is 0 Å². The predicted octanol–water partition coefficient (Wildman–Crippen LogP) is 3.11. The lowest BCUT2D eigenvalue weighted by Gasteiger charge is -2.15. The van der Waals surface area contributed by atoms with Crippen LogP contribution in [-0.2, 0) is 0 Å². The number of rotatable bonds is 4. The summed E-state index contributed by atoms with van der Waals surface area (Å²) in [4.78, 5) is 20.6. The number of carbonyl (C=O) groups excluding carboxylic acids is 1. The van der Waals surface area contributed by atoms with Crippen molar-refractivity contribution in [2.75, 3.05) is 0 Å². The fraction of sp³-hybridized carbons (Fsp3) is 0.150. The van der Waals surface area contributed by atoms with Crippen LogP contribution in [0.3, 0.4) is 0 Å². The minimum atomic E-state index is -0.990. The molecule has 3 aromatic heterocycles. The van der Waals surface area contributed by atoms with Crippen molar-refractivity contribution < 1.29 is 9.21 Å². The minimum absolute atomic E-state index is 0.115. The van der Waals surface area contributed by atoms with Gasteiger partial charge >= 0.3 is 0 Å². The maximum Gasteiger partial charge on any atom is 0.274 e. The standard InChI is InChI=1S/C20H16N6O2/c1-20(2,12-21)24-18(27)17-11-28-19(23-17)13-5-6-16-14(8-13)10-26(25-16)15-4-3-7-22-9-15/h3-11H,1-2H3,(H,24,27). The van der Waals surface area contributed by atoms with Crippen LogP contribution in [0.1, 0.15) is 24.3 Å². The van der Waals surface area contributed by atoms with Gasteiger partial charge in [-0.1, -0.05) is 0 Å². The van der Waals surface area contributed by atoms with Crippen LogP contribution in [0.2, 0.25) is 0 Å². The van der Waals surface area contributed by atoms with Crippen LogP contribution in [0.15, 0.2) is 59.6 Å². The second-order valence-electron chi connectivity index (χ2n) is 6.79. The molecule has 1 aromatic carbocycles. The molecule has 0 saturated heterocycles. The first-order valence-electron chi connectivity index (χ1n) is 8.55. The SMILES string of the molecule is CC(C)(C#N)NC(=O)c1coc(-c2ccc3nn(-c4cccnc4)cc3c2)n1. The van der Waals surface area contributed by atoms with E-state index < -0.39 is 11.4 Å². The average Bonchev–Trinajstić information content (AvgIpc) is 3.35. The first-order chi connectivity index (χ1) is 13.4. The van der Waals surface area contributed by atoms with Gasteiger partial charge < -0.3 is 9.73 Å². The lowest BCUT2D eigenvalue weighted by Crippen LogP contribution is -2.42. The summed E-state index contributed by atoms with van der Waals surface area (Å²) in [6, 6.07) is 11.4. The molecule has 4 aromatic rings. The highest BCUT2D eigenvalue weighted by Gasteiger charge is 2.22. The Kier molecular flexibility index (Phi) is 4.12. The quantitative estimate of drug-likeness (QED) is 0.589. The van der Waals surface area contributed by atoms with Gasteiger partial charge in [-0.15, -0.1) is 0 Å². The molecule has 0 aliphatic carbocycles. The molecule has 8 nitrogen and oxygen atoms in total. The summed E-state index contributed by atoms with van der Waals surface area (Å²) in [5.74, 6) is -0.150. The highest BCUT2D eigenvalue weighted by atomic mass is 16.3. The van der Waals surface area contributed by atoms with Crippen molar-refractivity contribution in [2.45, 2.75) is 19.4 Å². The normalized spacial score (nSPS) is 11.3. The number of nitrogens with one attached hydrogen (secondary N) is 1. The zero-order valence-electron chi connectivity index (χ0n) is 15.2. The van der Waals surface area contributed by atoms with Gasteiger partial charge in [0.25, 0.3) is 5.91 Å². The molecular formula is C20H16N6O2. The number of hydrogen-bond acceptors (Lipinski definition) is 6. The van der Waals surface area contributed by atoms with Crippen molar-refractivity contribution >= 4 is 16.8 Å². The molecule has 0 aliphatic rings. The second kappa shape index (κ2) is 6.63. The number of benzene rings is 1. The van der Waals surface area contributed by atoms with E-state index in [1.54, 1.807) is 30.9 Å². The van der Waals surface area contributed by atoms with Gasteiger partial charge in [0.15, 0.2) is 5.69 Å². The molecule has 0 fully saturated rings. The molecule has 4 rings (SSSR count). The average molecular weight is 372 g/mol. The smallest absolute Gasteiger partial charge is 0.274 e.